The quantitative estimate of drug-likeness (QED) is 0.636. The number of ether oxygens (including phenoxy) is 2. The third-order valence-electron chi connectivity index (χ3n) is 5.85. The molecule has 2 aromatic heterocycles. The van der Waals surface area contributed by atoms with E-state index in [9.17, 15) is 13.9 Å². The van der Waals surface area contributed by atoms with E-state index in [0.29, 0.717) is 56.5 Å². The summed E-state index contributed by atoms with van der Waals surface area (Å²) in [5.74, 6) is 0.663. The van der Waals surface area contributed by atoms with Crippen LogP contribution in [0.25, 0.3) is 17.0 Å². The molecule has 2 fully saturated rings. The number of nitrogens with zero attached hydrogens (tertiary/aromatic N) is 6. The van der Waals surface area contributed by atoms with Gasteiger partial charge in [-0.1, -0.05) is 6.07 Å². The molecule has 0 radical (unpaired) electrons. The fraction of sp³-hybridized carbons (Fsp3) is 0.500. The normalized spacial score (nSPS) is 21.8. The second-order valence-electron chi connectivity index (χ2n) is 8.40. The lowest BCUT2D eigenvalue weighted by Gasteiger charge is -2.37. The first-order valence-corrected chi connectivity index (χ1v) is 11.0. The van der Waals surface area contributed by atoms with Crippen LogP contribution in [0.4, 0.5) is 20.4 Å². The molecule has 0 amide bonds. The number of aromatic hydroxyl groups is 1. The van der Waals surface area contributed by atoms with Crippen LogP contribution in [0.1, 0.15) is 26.1 Å². The van der Waals surface area contributed by atoms with Gasteiger partial charge in [-0.25, -0.2) is 13.8 Å². The van der Waals surface area contributed by atoms with E-state index in [1.54, 1.807) is 12.1 Å². The average Bonchev–Trinajstić information content (AvgIpc) is 3.20. The van der Waals surface area contributed by atoms with E-state index in [-0.39, 0.29) is 29.4 Å². The van der Waals surface area contributed by atoms with Gasteiger partial charge in [0.1, 0.15) is 22.9 Å². The van der Waals surface area contributed by atoms with Crippen LogP contribution in [0.5, 0.6) is 5.75 Å². The molecule has 2 aliphatic rings. The van der Waals surface area contributed by atoms with Crippen molar-refractivity contribution in [3.63, 3.8) is 0 Å². The van der Waals surface area contributed by atoms with Crippen LogP contribution in [0, 0.1) is 0 Å². The molecule has 11 heteroatoms. The fourth-order valence-corrected chi connectivity index (χ4v) is 4.45. The van der Waals surface area contributed by atoms with Crippen molar-refractivity contribution in [3.8, 4) is 11.7 Å². The number of phenolic OH excluding ortho intramolecular Hbond substituents is 1. The van der Waals surface area contributed by atoms with Crippen molar-refractivity contribution in [2.24, 2.45) is 0 Å². The highest BCUT2D eigenvalue weighted by molar-refractivity contribution is 5.83. The Morgan fingerprint density at radius 1 is 1.00 bits per heavy atom. The third kappa shape index (κ3) is 4.18. The number of benzene rings is 1. The van der Waals surface area contributed by atoms with Crippen molar-refractivity contribution >= 4 is 22.7 Å². The van der Waals surface area contributed by atoms with Crippen LogP contribution in [-0.2, 0) is 9.47 Å². The smallest absolute Gasteiger partial charge is 0.296 e. The molecule has 176 valence electrons. The zero-order chi connectivity index (χ0) is 23.1. The summed E-state index contributed by atoms with van der Waals surface area (Å²) in [6.45, 7) is 7.63. The van der Waals surface area contributed by atoms with E-state index in [1.165, 1.54) is 10.6 Å². The predicted octanol–water partition coefficient (Wildman–Crippen LogP) is 2.91. The zero-order valence-corrected chi connectivity index (χ0v) is 18.5. The molecule has 3 aromatic rings. The summed E-state index contributed by atoms with van der Waals surface area (Å²) in [5.41, 5.74) is 0.405. The average molecular weight is 460 g/mol. The first-order chi connectivity index (χ1) is 15.9. The van der Waals surface area contributed by atoms with Crippen molar-refractivity contribution in [3.05, 3.63) is 30.1 Å². The second kappa shape index (κ2) is 8.71. The zero-order valence-electron chi connectivity index (χ0n) is 18.5. The highest BCUT2D eigenvalue weighted by Crippen LogP contribution is 2.33. The summed E-state index contributed by atoms with van der Waals surface area (Å²) >= 11 is 0. The summed E-state index contributed by atoms with van der Waals surface area (Å²) in [7, 11) is 0. The number of fused-ring (bicyclic) bond motifs is 1. The number of phenols is 1. The number of alkyl halides is 2. The van der Waals surface area contributed by atoms with Gasteiger partial charge in [-0.15, -0.1) is 0 Å². The summed E-state index contributed by atoms with van der Waals surface area (Å²) < 4.78 is 40.6. The molecule has 1 aromatic carbocycles. The summed E-state index contributed by atoms with van der Waals surface area (Å²) in [4.78, 5) is 17.5. The maximum Gasteiger partial charge on any atom is 0.296 e. The maximum atomic E-state index is 14.0. The van der Waals surface area contributed by atoms with Gasteiger partial charge in [-0.05, 0) is 26.0 Å². The van der Waals surface area contributed by atoms with Gasteiger partial charge in [0.15, 0.2) is 5.82 Å². The highest BCUT2D eigenvalue weighted by atomic mass is 19.3. The summed E-state index contributed by atoms with van der Waals surface area (Å²) in [6.07, 6.45) is -2.87. The van der Waals surface area contributed by atoms with Crippen LogP contribution >= 0.6 is 0 Å². The van der Waals surface area contributed by atoms with Crippen molar-refractivity contribution in [1.29, 1.82) is 0 Å². The van der Waals surface area contributed by atoms with E-state index >= 15 is 0 Å². The van der Waals surface area contributed by atoms with Gasteiger partial charge in [-0.3, -0.25) is 4.57 Å². The topological polar surface area (TPSA) is 88.8 Å². The molecule has 33 heavy (non-hydrogen) atoms. The lowest BCUT2D eigenvalue weighted by Crippen LogP contribution is -2.46. The van der Waals surface area contributed by atoms with E-state index in [1.807, 2.05) is 19.9 Å². The molecule has 0 spiro atoms. The number of hydrogen-bond donors (Lipinski definition) is 1. The van der Waals surface area contributed by atoms with Crippen molar-refractivity contribution < 1.29 is 23.4 Å². The molecule has 0 unspecified atom stereocenters. The SMILES string of the molecule is C[C@H]1CN(c2cc(N3CCOCC3)nc(-n3c(C(F)F)nc4c(O)cccc43)n2)C[C@H](C)O1. The molecule has 5 rings (SSSR count). The number of hydrogen-bond acceptors (Lipinski definition) is 8. The lowest BCUT2D eigenvalue weighted by atomic mass is 10.2. The molecular formula is C22H26F2N6O3. The summed E-state index contributed by atoms with van der Waals surface area (Å²) in [6, 6.07) is 6.51. The monoisotopic (exact) mass is 460 g/mol. The highest BCUT2D eigenvalue weighted by Gasteiger charge is 2.28. The standard InChI is InChI=1S/C22H26F2N6O3/c1-13-11-29(12-14(2)33-13)18-10-17(28-6-8-32-9-7-28)25-22(26-18)30-15-4-3-5-16(31)19(15)27-21(30)20(23)24/h3-5,10,13-14,20,31H,6-9,11-12H2,1-2H3/t13-,14-/m0/s1. The van der Waals surface area contributed by atoms with E-state index in [0.717, 1.165) is 0 Å². The Labute approximate surface area is 189 Å². The van der Waals surface area contributed by atoms with E-state index < -0.39 is 12.2 Å². The Morgan fingerprint density at radius 3 is 2.33 bits per heavy atom. The molecule has 0 saturated carbocycles. The molecule has 2 saturated heterocycles. The van der Waals surface area contributed by atoms with Gasteiger partial charge in [0.25, 0.3) is 6.43 Å². The number of anilines is 2. The van der Waals surface area contributed by atoms with Crippen LogP contribution in [-0.4, -0.2) is 76.2 Å². The lowest BCUT2D eigenvalue weighted by molar-refractivity contribution is -0.00546. The van der Waals surface area contributed by atoms with Crippen LogP contribution in [0.2, 0.25) is 0 Å². The molecule has 0 aliphatic carbocycles. The number of morpholine rings is 2. The molecule has 1 N–H and O–H groups in total. The van der Waals surface area contributed by atoms with Crippen molar-refractivity contribution in [2.45, 2.75) is 32.5 Å². The predicted molar refractivity (Wildman–Crippen MR) is 119 cm³/mol. The summed E-state index contributed by atoms with van der Waals surface area (Å²) in [5, 5.41) is 10.2. The van der Waals surface area contributed by atoms with Crippen LogP contribution < -0.4 is 9.80 Å². The van der Waals surface area contributed by atoms with Crippen LogP contribution in [0.15, 0.2) is 24.3 Å². The molecule has 4 heterocycles. The number of para-hydroxylation sites is 1. The maximum absolute atomic E-state index is 14.0. The minimum Gasteiger partial charge on any atom is -0.506 e. The van der Waals surface area contributed by atoms with Gasteiger partial charge >= 0.3 is 0 Å². The van der Waals surface area contributed by atoms with Gasteiger partial charge in [-0.2, -0.15) is 9.97 Å². The van der Waals surface area contributed by atoms with Crippen molar-refractivity contribution in [2.75, 3.05) is 49.2 Å². The molecule has 2 aliphatic heterocycles. The Bertz CT molecular complexity index is 1140. The Hall–Kier alpha value is -3.05. The first-order valence-electron chi connectivity index (χ1n) is 11.0. The van der Waals surface area contributed by atoms with E-state index in [2.05, 4.69) is 19.8 Å². The largest absolute Gasteiger partial charge is 0.506 e. The molecular weight excluding hydrogens is 434 g/mol. The first kappa shape index (κ1) is 21.8. The Balaban J connectivity index is 1.69. The van der Waals surface area contributed by atoms with Crippen LogP contribution in [0.3, 0.4) is 0 Å². The fourth-order valence-electron chi connectivity index (χ4n) is 4.45. The number of aromatic nitrogens is 4. The second-order valence-corrected chi connectivity index (χ2v) is 8.40. The number of halogens is 2. The Kier molecular flexibility index (Phi) is 5.75. The number of imidazole rings is 1. The van der Waals surface area contributed by atoms with Crippen molar-refractivity contribution in [1.82, 2.24) is 19.5 Å². The Morgan fingerprint density at radius 2 is 1.67 bits per heavy atom. The molecule has 0 bridgehead atoms. The minimum atomic E-state index is -2.88. The number of rotatable bonds is 4. The molecule has 9 nitrogen and oxygen atoms in total. The minimum absolute atomic E-state index is 0.00153. The van der Waals surface area contributed by atoms with E-state index in [4.69, 9.17) is 14.5 Å². The van der Waals surface area contributed by atoms with Gasteiger partial charge in [0.2, 0.25) is 5.95 Å². The molecule has 2 atom stereocenters. The van der Waals surface area contributed by atoms with Gasteiger partial charge in [0, 0.05) is 32.2 Å². The van der Waals surface area contributed by atoms with Gasteiger partial charge in [0.05, 0.1) is 30.9 Å². The third-order valence-corrected chi connectivity index (χ3v) is 5.85. The van der Waals surface area contributed by atoms with Gasteiger partial charge < -0.3 is 24.4 Å².